The van der Waals surface area contributed by atoms with Gasteiger partial charge in [0.05, 0.1) is 11.5 Å². The molecule has 0 spiro atoms. The van der Waals surface area contributed by atoms with Gasteiger partial charge in [0.25, 0.3) is 0 Å². The molecule has 0 aliphatic carbocycles. The van der Waals surface area contributed by atoms with Gasteiger partial charge in [0.2, 0.25) is 0 Å². The first kappa shape index (κ1) is 16.6. The van der Waals surface area contributed by atoms with Crippen LogP contribution in [0, 0.1) is 24.2 Å². The molecular formula is C14H24OSSi. The Morgan fingerprint density at radius 2 is 1.88 bits per heavy atom. The normalized spacial score (nSPS) is 13.5. The summed E-state index contributed by atoms with van der Waals surface area (Å²) in [6.07, 6.45) is 5.18. The molecule has 0 rings (SSSR count). The molecule has 0 fully saturated rings. The van der Waals surface area contributed by atoms with Crippen LogP contribution in [-0.2, 0) is 4.43 Å². The molecule has 0 radical (unpaired) electrons. The highest BCUT2D eigenvalue weighted by Gasteiger charge is 2.38. The molecule has 0 aliphatic rings. The summed E-state index contributed by atoms with van der Waals surface area (Å²) in [4.78, 5) is 0. The van der Waals surface area contributed by atoms with E-state index in [1.54, 1.807) is 11.8 Å². The summed E-state index contributed by atoms with van der Waals surface area (Å²) in [5.41, 5.74) is 0. The van der Waals surface area contributed by atoms with Crippen molar-refractivity contribution in [1.29, 1.82) is 0 Å². The lowest BCUT2D eigenvalue weighted by atomic mass is 10.2. The number of terminal acetylenes is 1. The van der Waals surface area contributed by atoms with Gasteiger partial charge in [-0.2, -0.15) is 0 Å². The van der Waals surface area contributed by atoms with Crippen LogP contribution in [0.4, 0.5) is 0 Å². The third kappa shape index (κ3) is 6.84. The maximum atomic E-state index is 6.12. The molecule has 0 heterocycles. The predicted molar refractivity (Wildman–Crippen MR) is 81.7 cm³/mol. The Hall–Kier alpha value is -0.353. The highest BCUT2D eigenvalue weighted by Crippen LogP contribution is 2.37. The van der Waals surface area contributed by atoms with E-state index >= 15 is 0 Å². The Morgan fingerprint density at radius 3 is 2.35 bits per heavy atom. The summed E-state index contributed by atoms with van der Waals surface area (Å²) < 4.78 is 6.12. The molecule has 0 aromatic heterocycles. The Morgan fingerprint density at radius 1 is 1.29 bits per heavy atom. The molecule has 0 bridgehead atoms. The minimum Gasteiger partial charge on any atom is -0.404 e. The minimum atomic E-state index is -1.69. The fraction of sp³-hybridized carbons (Fsp3) is 0.714. The topological polar surface area (TPSA) is 9.23 Å². The number of rotatable bonds is 4. The van der Waals surface area contributed by atoms with Crippen LogP contribution < -0.4 is 0 Å². The summed E-state index contributed by atoms with van der Waals surface area (Å²) in [6.45, 7) is 13.2. The first-order valence-corrected chi connectivity index (χ1v) is 9.94. The lowest BCUT2D eigenvalue weighted by Crippen LogP contribution is -2.43. The van der Waals surface area contributed by atoms with Crippen LogP contribution in [0.3, 0.4) is 0 Å². The number of hydrogen-bond donors (Lipinski definition) is 0. The predicted octanol–water partition coefficient (Wildman–Crippen LogP) is 3.77. The second kappa shape index (κ2) is 7.16. The largest absolute Gasteiger partial charge is 0.404 e. The summed E-state index contributed by atoms with van der Waals surface area (Å²) in [6, 6.07) is 0. The smallest absolute Gasteiger partial charge is 0.193 e. The van der Waals surface area contributed by atoms with Crippen molar-refractivity contribution < 1.29 is 4.43 Å². The van der Waals surface area contributed by atoms with Gasteiger partial charge >= 0.3 is 0 Å². The third-order valence-electron chi connectivity index (χ3n) is 2.94. The summed E-state index contributed by atoms with van der Waals surface area (Å²) in [5.74, 6) is 10.4. The maximum absolute atomic E-state index is 6.12. The fourth-order valence-corrected chi connectivity index (χ4v) is 2.70. The van der Waals surface area contributed by atoms with E-state index in [0.717, 1.165) is 11.5 Å². The van der Waals surface area contributed by atoms with E-state index in [4.69, 9.17) is 10.8 Å². The van der Waals surface area contributed by atoms with Crippen molar-refractivity contribution in [3.63, 3.8) is 0 Å². The third-order valence-corrected chi connectivity index (χ3v) is 8.22. The molecule has 0 saturated carbocycles. The van der Waals surface area contributed by atoms with E-state index < -0.39 is 8.32 Å². The molecule has 1 nitrogen and oxygen atoms in total. The van der Waals surface area contributed by atoms with Gasteiger partial charge in [-0.1, -0.05) is 38.5 Å². The van der Waals surface area contributed by atoms with E-state index in [2.05, 4.69) is 51.6 Å². The van der Waals surface area contributed by atoms with Gasteiger partial charge in [-0.25, -0.2) is 0 Å². The minimum absolute atomic E-state index is 0.0160. The standard InChI is InChI=1S/C14H24OSSi/c1-8-11-16-12-9-10-13(2)15-17(6,7)14(3,4)5/h1,13H,11-12H2,2-7H3. The van der Waals surface area contributed by atoms with Crippen LogP contribution in [0.15, 0.2) is 0 Å². The van der Waals surface area contributed by atoms with E-state index in [1.165, 1.54) is 0 Å². The zero-order valence-electron chi connectivity index (χ0n) is 11.9. The number of thioether (sulfide) groups is 1. The molecule has 1 unspecified atom stereocenters. The number of hydrogen-bond acceptors (Lipinski definition) is 2. The molecule has 0 aromatic carbocycles. The van der Waals surface area contributed by atoms with E-state index in [-0.39, 0.29) is 11.1 Å². The monoisotopic (exact) mass is 268 g/mol. The lowest BCUT2D eigenvalue weighted by Gasteiger charge is -2.37. The van der Waals surface area contributed by atoms with Crippen molar-refractivity contribution in [2.45, 2.75) is 51.9 Å². The van der Waals surface area contributed by atoms with Crippen LogP contribution >= 0.6 is 11.8 Å². The van der Waals surface area contributed by atoms with Crippen LogP contribution in [0.5, 0.6) is 0 Å². The molecule has 1 atom stereocenters. The Labute approximate surface area is 112 Å². The van der Waals surface area contributed by atoms with Crippen LogP contribution in [0.1, 0.15) is 27.7 Å². The van der Waals surface area contributed by atoms with Crippen LogP contribution in [0.25, 0.3) is 0 Å². The van der Waals surface area contributed by atoms with Crippen molar-refractivity contribution >= 4 is 20.1 Å². The van der Waals surface area contributed by atoms with Gasteiger partial charge in [-0.3, -0.25) is 0 Å². The summed E-state index contributed by atoms with van der Waals surface area (Å²) >= 11 is 1.66. The van der Waals surface area contributed by atoms with Crippen molar-refractivity contribution in [2.24, 2.45) is 0 Å². The van der Waals surface area contributed by atoms with Gasteiger partial charge in [0.1, 0.15) is 6.10 Å². The van der Waals surface area contributed by atoms with Crippen LogP contribution in [-0.4, -0.2) is 25.9 Å². The molecule has 3 heteroatoms. The van der Waals surface area contributed by atoms with Crippen LogP contribution in [0.2, 0.25) is 18.1 Å². The van der Waals surface area contributed by atoms with E-state index in [9.17, 15) is 0 Å². The first-order valence-electron chi connectivity index (χ1n) is 5.88. The quantitative estimate of drug-likeness (QED) is 0.436. The SMILES string of the molecule is C#CCSCC#CC(C)O[Si](C)(C)C(C)(C)C. The zero-order valence-corrected chi connectivity index (χ0v) is 13.7. The second-order valence-electron chi connectivity index (χ2n) is 5.54. The van der Waals surface area contributed by atoms with E-state index in [1.807, 2.05) is 6.92 Å². The van der Waals surface area contributed by atoms with E-state index in [0.29, 0.717) is 0 Å². The highest BCUT2D eigenvalue weighted by molar-refractivity contribution is 7.99. The second-order valence-corrected chi connectivity index (χ2v) is 11.3. The van der Waals surface area contributed by atoms with Crippen molar-refractivity contribution in [1.82, 2.24) is 0 Å². The Bertz CT molecular complexity index is 325. The van der Waals surface area contributed by atoms with Crippen molar-refractivity contribution in [3.8, 4) is 24.2 Å². The Balaban J connectivity index is 4.18. The molecule has 0 aliphatic heterocycles. The van der Waals surface area contributed by atoms with Gasteiger partial charge in [-0.05, 0) is 25.1 Å². The average molecular weight is 268 g/mol. The molecule has 0 saturated heterocycles. The van der Waals surface area contributed by atoms with Gasteiger partial charge < -0.3 is 4.43 Å². The lowest BCUT2D eigenvalue weighted by molar-refractivity contribution is 0.251. The van der Waals surface area contributed by atoms with Gasteiger partial charge in [-0.15, -0.1) is 18.2 Å². The average Bonchev–Trinajstić information content (AvgIpc) is 2.14. The zero-order chi connectivity index (χ0) is 13.5. The maximum Gasteiger partial charge on any atom is 0.193 e. The molecule has 0 amide bonds. The fourth-order valence-electron chi connectivity index (χ4n) is 0.995. The van der Waals surface area contributed by atoms with Crippen molar-refractivity contribution in [2.75, 3.05) is 11.5 Å². The van der Waals surface area contributed by atoms with Gasteiger partial charge in [0, 0.05) is 0 Å². The Kier molecular flexibility index (Phi) is 7.01. The summed E-state index contributed by atoms with van der Waals surface area (Å²) in [5, 5.41) is 0.237. The molecule has 0 N–H and O–H groups in total. The van der Waals surface area contributed by atoms with Gasteiger partial charge in [0.15, 0.2) is 8.32 Å². The molecular weight excluding hydrogens is 244 g/mol. The summed E-state index contributed by atoms with van der Waals surface area (Å²) in [7, 11) is -1.69. The van der Waals surface area contributed by atoms with Crippen molar-refractivity contribution in [3.05, 3.63) is 0 Å². The molecule has 0 aromatic rings. The molecule has 17 heavy (non-hydrogen) atoms. The molecule has 96 valence electrons. The first-order chi connectivity index (χ1) is 7.70. The highest BCUT2D eigenvalue weighted by atomic mass is 32.2.